The Morgan fingerprint density at radius 3 is 2.76 bits per heavy atom. The van der Waals surface area contributed by atoms with E-state index in [1.165, 1.54) is 16.3 Å². The Hall–Kier alpha value is -1.80. The molecule has 0 radical (unpaired) electrons. The number of hydrogen-bond acceptors (Lipinski definition) is 2. The first-order valence-corrected chi connectivity index (χ1v) is 5.89. The highest BCUT2D eigenvalue weighted by Gasteiger charge is 2.46. The van der Waals surface area contributed by atoms with Crippen LogP contribution in [-0.4, -0.2) is 6.29 Å². The molecule has 2 nitrogen and oxygen atoms in total. The lowest BCUT2D eigenvalue weighted by molar-refractivity contribution is -0.257. The molecular weight excluding hydrogens is 212 g/mol. The van der Waals surface area contributed by atoms with Crippen molar-refractivity contribution in [3.05, 3.63) is 60.4 Å². The van der Waals surface area contributed by atoms with Crippen molar-refractivity contribution in [2.75, 3.05) is 0 Å². The van der Waals surface area contributed by atoms with Crippen LogP contribution in [0, 0.1) is 5.92 Å². The Labute approximate surface area is 99.5 Å². The molecule has 2 aliphatic heterocycles. The van der Waals surface area contributed by atoms with Gasteiger partial charge in [-0.1, -0.05) is 42.5 Å². The maximum atomic E-state index is 5.77. The fourth-order valence-corrected chi connectivity index (χ4v) is 2.69. The SMILES string of the molecule is C1=C[C@H]2[C@H](O1)O[C@H]2c1cccc2ccccc12. The van der Waals surface area contributed by atoms with Gasteiger partial charge >= 0.3 is 0 Å². The van der Waals surface area contributed by atoms with Gasteiger partial charge < -0.3 is 9.47 Å². The molecule has 0 saturated carbocycles. The van der Waals surface area contributed by atoms with E-state index in [0.29, 0.717) is 5.92 Å². The Balaban J connectivity index is 1.83. The predicted octanol–water partition coefficient (Wildman–Crippen LogP) is 3.40. The van der Waals surface area contributed by atoms with Gasteiger partial charge in [0.25, 0.3) is 0 Å². The zero-order chi connectivity index (χ0) is 11.2. The van der Waals surface area contributed by atoms with Crippen LogP contribution in [0.2, 0.25) is 0 Å². The van der Waals surface area contributed by atoms with Crippen molar-refractivity contribution in [3.63, 3.8) is 0 Å². The summed E-state index contributed by atoms with van der Waals surface area (Å²) in [6, 6.07) is 14.8. The van der Waals surface area contributed by atoms with E-state index >= 15 is 0 Å². The van der Waals surface area contributed by atoms with Gasteiger partial charge in [-0.15, -0.1) is 0 Å². The van der Waals surface area contributed by atoms with Gasteiger partial charge in [-0.2, -0.15) is 0 Å². The van der Waals surface area contributed by atoms with E-state index in [-0.39, 0.29) is 12.4 Å². The van der Waals surface area contributed by atoms with E-state index in [9.17, 15) is 0 Å². The van der Waals surface area contributed by atoms with Crippen LogP contribution in [-0.2, 0) is 9.47 Å². The van der Waals surface area contributed by atoms with E-state index in [0.717, 1.165) is 0 Å². The van der Waals surface area contributed by atoms with Crippen LogP contribution < -0.4 is 0 Å². The molecule has 2 aromatic carbocycles. The minimum Gasteiger partial charge on any atom is -0.472 e. The fraction of sp³-hybridized carbons (Fsp3) is 0.200. The van der Waals surface area contributed by atoms with Gasteiger partial charge in [0, 0.05) is 0 Å². The van der Waals surface area contributed by atoms with E-state index < -0.39 is 0 Å². The molecule has 2 heterocycles. The smallest absolute Gasteiger partial charge is 0.208 e. The van der Waals surface area contributed by atoms with Crippen molar-refractivity contribution in [1.82, 2.24) is 0 Å². The predicted molar refractivity (Wildman–Crippen MR) is 65.3 cm³/mol. The second-order valence-corrected chi connectivity index (χ2v) is 4.54. The van der Waals surface area contributed by atoms with Gasteiger partial charge in [-0.3, -0.25) is 0 Å². The highest BCUT2D eigenvalue weighted by molar-refractivity contribution is 5.86. The van der Waals surface area contributed by atoms with Crippen molar-refractivity contribution < 1.29 is 9.47 Å². The standard InChI is InChI=1S/C15H12O2/c1-2-6-11-10(4-1)5-3-7-12(11)14-13-8-9-16-15(13)17-14/h1-9,13-15H/t13-,14+,15-/m1/s1. The summed E-state index contributed by atoms with van der Waals surface area (Å²) < 4.78 is 11.1. The Bertz CT molecular complexity index is 597. The fourth-order valence-electron chi connectivity index (χ4n) is 2.69. The van der Waals surface area contributed by atoms with E-state index in [1.807, 2.05) is 0 Å². The van der Waals surface area contributed by atoms with E-state index in [2.05, 4.69) is 48.5 Å². The third-order valence-corrected chi connectivity index (χ3v) is 3.59. The number of rotatable bonds is 1. The third-order valence-electron chi connectivity index (χ3n) is 3.59. The topological polar surface area (TPSA) is 18.5 Å². The average molecular weight is 224 g/mol. The molecule has 2 aliphatic rings. The summed E-state index contributed by atoms with van der Waals surface area (Å²) >= 11 is 0. The molecule has 17 heavy (non-hydrogen) atoms. The van der Waals surface area contributed by atoms with Crippen LogP contribution in [0.25, 0.3) is 10.8 Å². The monoisotopic (exact) mass is 224 g/mol. The molecule has 84 valence electrons. The van der Waals surface area contributed by atoms with Crippen molar-refractivity contribution in [2.45, 2.75) is 12.4 Å². The summed E-state index contributed by atoms with van der Waals surface area (Å²) in [5.41, 5.74) is 1.26. The number of benzene rings is 2. The summed E-state index contributed by atoms with van der Waals surface area (Å²) in [5.74, 6) is 0.376. The number of fused-ring (bicyclic) bond motifs is 2. The Kier molecular flexibility index (Phi) is 1.82. The van der Waals surface area contributed by atoms with Gasteiger partial charge in [-0.25, -0.2) is 0 Å². The largest absolute Gasteiger partial charge is 0.472 e. The lowest BCUT2D eigenvalue weighted by atomic mass is 9.88. The minimum absolute atomic E-state index is 0.0565. The normalized spacial score (nSPS) is 29.8. The molecule has 0 spiro atoms. The molecule has 3 atom stereocenters. The molecule has 0 amide bonds. The van der Waals surface area contributed by atoms with E-state index in [1.54, 1.807) is 6.26 Å². The molecule has 1 fully saturated rings. The molecule has 1 saturated heterocycles. The van der Waals surface area contributed by atoms with Crippen molar-refractivity contribution >= 4 is 10.8 Å². The van der Waals surface area contributed by atoms with Crippen molar-refractivity contribution in [3.8, 4) is 0 Å². The maximum Gasteiger partial charge on any atom is 0.208 e. The first-order valence-electron chi connectivity index (χ1n) is 5.89. The van der Waals surface area contributed by atoms with Crippen LogP contribution >= 0.6 is 0 Å². The summed E-state index contributed by atoms with van der Waals surface area (Å²) in [7, 11) is 0. The van der Waals surface area contributed by atoms with Gasteiger partial charge in [0.1, 0.15) is 0 Å². The Morgan fingerprint density at radius 2 is 1.82 bits per heavy atom. The zero-order valence-corrected chi connectivity index (χ0v) is 9.24. The molecule has 2 heteroatoms. The zero-order valence-electron chi connectivity index (χ0n) is 9.24. The van der Waals surface area contributed by atoms with Crippen LogP contribution in [0.4, 0.5) is 0 Å². The minimum atomic E-state index is -0.0565. The lowest BCUT2D eigenvalue weighted by Crippen LogP contribution is -2.39. The molecule has 0 aliphatic carbocycles. The second kappa shape index (κ2) is 3.34. The molecule has 4 rings (SSSR count). The molecule has 0 bridgehead atoms. The number of ether oxygens (including phenoxy) is 2. The summed E-state index contributed by atoms with van der Waals surface area (Å²) in [4.78, 5) is 0. The summed E-state index contributed by atoms with van der Waals surface area (Å²) in [5, 5.41) is 2.54. The summed E-state index contributed by atoms with van der Waals surface area (Å²) in [6.45, 7) is 0. The second-order valence-electron chi connectivity index (χ2n) is 4.54. The number of hydrogen-bond donors (Lipinski definition) is 0. The van der Waals surface area contributed by atoms with Crippen LogP contribution in [0.5, 0.6) is 0 Å². The molecule has 2 aromatic rings. The van der Waals surface area contributed by atoms with Crippen molar-refractivity contribution in [2.24, 2.45) is 5.92 Å². The average Bonchev–Trinajstić information content (AvgIpc) is 2.71. The van der Waals surface area contributed by atoms with Gasteiger partial charge in [0.05, 0.1) is 18.3 Å². The van der Waals surface area contributed by atoms with Gasteiger partial charge in [0.15, 0.2) is 0 Å². The molecule has 0 unspecified atom stereocenters. The highest BCUT2D eigenvalue weighted by Crippen LogP contribution is 2.46. The summed E-state index contributed by atoms with van der Waals surface area (Å²) in [6.07, 6.45) is 3.94. The quantitative estimate of drug-likeness (QED) is 0.739. The van der Waals surface area contributed by atoms with Crippen LogP contribution in [0.1, 0.15) is 11.7 Å². The van der Waals surface area contributed by atoms with Crippen LogP contribution in [0.15, 0.2) is 54.8 Å². The van der Waals surface area contributed by atoms with Gasteiger partial charge in [0.2, 0.25) is 6.29 Å². The Morgan fingerprint density at radius 1 is 0.941 bits per heavy atom. The molecule has 0 aromatic heterocycles. The molecule has 0 N–H and O–H groups in total. The van der Waals surface area contributed by atoms with E-state index in [4.69, 9.17) is 9.47 Å². The van der Waals surface area contributed by atoms with Crippen LogP contribution in [0.3, 0.4) is 0 Å². The third kappa shape index (κ3) is 1.25. The first-order chi connectivity index (χ1) is 8.43. The van der Waals surface area contributed by atoms with Crippen molar-refractivity contribution in [1.29, 1.82) is 0 Å². The maximum absolute atomic E-state index is 5.77. The highest BCUT2D eigenvalue weighted by atomic mass is 16.7. The van der Waals surface area contributed by atoms with Gasteiger partial charge in [-0.05, 0) is 22.4 Å². The first kappa shape index (κ1) is 9.25. The molecular formula is C15H12O2. The lowest BCUT2D eigenvalue weighted by Gasteiger charge is -2.39.